The quantitative estimate of drug-likeness (QED) is 0.422. The summed E-state index contributed by atoms with van der Waals surface area (Å²) in [5.41, 5.74) is -0.0712. The Morgan fingerprint density at radius 1 is 0.941 bits per heavy atom. The fraction of sp³-hybridized carbons (Fsp3) is 0.0833. The van der Waals surface area contributed by atoms with Crippen LogP contribution in [0.15, 0.2) is 60.7 Å². The number of fused-ring (bicyclic) bond motifs is 1. The van der Waals surface area contributed by atoms with Crippen molar-refractivity contribution in [2.24, 2.45) is 0 Å². The van der Waals surface area contributed by atoms with E-state index in [1.807, 2.05) is 0 Å². The Kier molecular flexibility index (Phi) is 6.12. The second-order valence-corrected chi connectivity index (χ2v) is 7.78. The number of amides is 3. The highest BCUT2D eigenvalue weighted by atomic mass is 35.5. The van der Waals surface area contributed by atoms with Crippen LogP contribution >= 0.6 is 11.6 Å². The summed E-state index contributed by atoms with van der Waals surface area (Å²) in [5.74, 6) is -4.65. The van der Waals surface area contributed by atoms with Gasteiger partial charge in [0.05, 0.1) is 28.1 Å². The van der Waals surface area contributed by atoms with Gasteiger partial charge in [-0.1, -0.05) is 11.6 Å². The number of hydrogen-bond acceptors (Lipinski definition) is 5. The van der Waals surface area contributed by atoms with Gasteiger partial charge in [0.1, 0.15) is 11.6 Å². The molecule has 172 valence electrons. The summed E-state index contributed by atoms with van der Waals surface area (Å²) in [7, 11) is 0. The topological polar surface area (TPSA) is 92.8 Å². The van der Waals surface area contributed by atoms with Gasteiger partial charge in [0.2, 0.25) is 0 Å². The van der Waals surface area contributed by atoms with Gasteiger partial charge in [-0.3, -0.25) is 14.4 Å². The molecule has 3 amide bonds. The molecular weight excluding hydrogens is 470 g/mol. The molecule has 3 aromatic carbocycles. The Morgan fingerprint density at radius 3 is 2.32 bits per heavy atom. The van der Waals surface area contributed by atoms with Gasteiger partial charge in [0.25, 0.3) is 17.7 Å². The zero-order chi connectivity index (χ0) is 24.6. The maximum absolute atomic E-state index is 13.7. The standard InChI is InChI=1S/C24H15ClF2N2O5/c1-12(21(30)28-20-11-15(26)5-9-19(20)27)34-24(33)13-2-8-17-18(10-13)23(32)29(22(17)31)16-6-3-14(25)4-7-16/h2-12H,1H3,(H,28,30). The van der Waals surface area contributed by atoms with Gasteiger partial charge in [-0.2, -0.15) is 0 Å². The third kappa shape index (κ3) is 4.38. The van der Waals surface area contributed by atoms with Gasteiger partial charge in [-0.15, -0.1) is 0 Å². The van der Waals surface area contributed by atoms with E-state index in [0.717, 1.165) is 23.1 Å². The van der Waals surface area contributed by atoms with Crippen molar-refractivity contribution in [1.82, 2.24) is 0 Å². The van der Waals surface area contributed by atoms with E-state index in [4.69, 9.17) is 16.3 Å². The number of benzene rings is 3. The molecule has 1 heterocycles. The Morgan fingerprint density at radius 2 is 1.62 bits per heavy atom. The van der Waals surface area contributed by atoms with Gasteiger partial charge in [0, 0.05) is 11.1 Å². The molecule has 3 aromatic rings. The van der Waals surface area contributed by atoms with Crippen LogP contribution < -0.4 is 10.2 Å². The van der Waals surface area contributed by atoms with Gasteiger partial charge in [0.15, 0.2) is 6.10 Å². The lowest BCUT2D eigenvalue weighted by molar-refractivity contribution is -0.123. The Hall–Kier alpha value is -4.11. The highest BCUT2D eigenvalue weighted by Crippen LogP contribution is 2.30. The summed E-state index contributed by atoms with van der Waals surface area (Å²) >= 11 is 5.86. The first kappa shape index (κ1) is 23.1. The van der Waals surface area contributed by atoms with Crippen molar-refractivity contribution < 1.29 is 32.7 Å². The summed E-state index contributed by atoms with van der Waals surface area (Å²) in [6, 6.07) is 12.4. The second-order valence-electron chi connectivity index (χ2n) is 7.34. The first-order valence-electron chi connectivity index (χ1n) is 9.91. The lowest BCUT2D eigenvalue weighted by atomic mass is 10.1. The fourth-order valence-electron chi connectivity index (χ4n) is 3.30. The molecule has 0 spiro atoms. The Balaban J connectivity index is 1.49. The van der Waals surface area contributed by atoms with Crippen LogP contribution in [0.1, 0.15) is 38.0 Å². The molecule has 0 fully saturated rings. The molecule has 4 rings (SSSR count). The van der Waals surface area contributed by atoms with E-state index in [0.29, 0.717) is 10.7 Å². The first-order valence-corrected chi connectivity index (χ1v) is 10.3. The molecule has 0 aliphatic carbocycles. The number of imide groups is 1. The van der Waals surface area contributed by atoms with Crippen molar-refractivity contribution >= 4 is 46.7 Å². The van der Waals surface area contributed by atoms with Gasteiger partial charge < -0.3 is 10.1 Å². The van der Waals surface area contributed by atoms with Crippen LogP contribution in [0.5, 0.6) is 0 Å². The number of esters is 1. The number of nitrogens with one attached hydrogen (secondary N) is 1. The summed E-state index contributed by atoms with van der Waals surface area (Å²) < 4.78 is 32.1. The monoisotopic (exact) mass is 484 g/mol. The fourth-order valence-corrected chi connectivity index (χ4v) is 3.43. The molecule has 0 bridgehead atoms. The van der Waals surface area contributed by atoms with Crippen LogP contribution in [-0.4, -0.2) is 29.8 Å². The Labute approximate surface area is 196 Å². The molecule has 1 atom stereocenters. The Bertz CT molecular complexity index is 1340. The minimum Gasteiger partial charge on any atom is -0.449 e. The average Bonchev–Trinajstić information content (AvgIpc) is 3.06. The zero-order valence-electron chi connectivity index (χ0n) is 17.5. The van der Waals surface area contributed by atoms with E-state index in [-0.39, 0.29) is 16.7 Å². The highest BCUT2D eigenvalue weighted by molar-refractivity contribution is 6.35. The van der Waals surface area contributed by atoms with E-state index >= 15 is 0 Å². The summed E-state index contributed by atoms with van der Waals surface area (Å²) in [6.07, 6.45) is -1.37. The molecule has 34 heavy (non-hydrogen) atoms. The molecule has 7 nitrogen and oxygen atoms in total. The van der Waals surface area contributed by atoms with Crippen LogP contribution in [0.25, 0.3) is 0 Å². The largest absolute Gasteiger partial charge is 0.449 e. The lowest BCUT2D eigenvalue weighted by Gasteiger charge is -2.14. The predicted molar refractivity (Wildman–Crippen MR) is 119 cm³/mol. The van der Waals surface area contributed by atoms with E-state index in [1.54, 1.807) is 0 Å². The summed E-state index contributed by atoms with van der Waals surface area (Å²) in [6.45, 7) is 1.24. The van der Waals surface area contributed by atoms with Crippen molar-refractivity contribution in [1.29, 1.82) is 0 Å². The third-order valence-electron chi connectivity index (χ3n) is 5.05. The van der Waals surface area contributed by atoms with Crippen LogP contribution in [0, 0.1) is 11.6 Å². The first-order chi connectivity index (χ1) is 16.2. The average molecular weight is 485 g/mol. The lowest BCUT2D eigenvalue weighted by Crippen LogP contribution is -2.30. The minimum atomic E-state index is -1.37. The maximum Gasteiger partial charge on any atom is 0.338 e. The molecule has 10 heteroatoms. The van der Waals surface area contributed by atoms with Crippen LogP contribution in [0.2, 0.25) is 5.02 Å². The summed E-state index contributed by atoms with van der Waals surface area (Å²) in [4.78, 5) is 51.3. The minimum absolute atomic E-state index is 0.00617. The van der Waals surface area contributed by atoms with Crippen molar-refractivity contribution in [2.45, 2.75) is 13.0 Å². The van der Waals surface area contributed by atoms with Gasteiger partial charge in [-0.25, -0.2) is 18.5 Å². The van der Waals surface area contributed by atoms with Gasteiger partial charge >= 0.3 is 5.97 Å². The number of rotatable bonds is 5. The van der Waals surface area contributed by atoms with Gasteiger partial charge in [-0.05, 0) is 61.5 Å². The number of carbonyl (C=O) groups excluding carboxylic acids is 4. The SMILES string of the molecule is CC(OC(=O)c1ccc2c(c1)C(=O)N(c1ccc(Cl)cc1)C2=O)C(=O)Nc1cc(F)ccc1F. The molecule has 0 radical (unpaired) electrons. The second kappa shape index (κ2) is 9.03. The smallest absolute Gasteiger partial charge is 0.338 e. The maximum atomic E-state index is 13.7. The van der Waals surface area contributed by atoms with E-state index < -0.39 is 47.1 Å². The van der Waals surface area contributed by atoms with Crippen LogP contribution in [0.3, 0.4) is 0 Å². The number of halogens is 3. The van der Waals surface area contributed by atoms with E-state index in [2.05, 4.69) is 5.32 Å². The van der Waals surface area contributed by atoms with E-state index in [9.17, 15) is 28.0 Å². The third-order valence-corrected chi connectivity index (χ3v) is 5.30. The number of ether oxygens (including phenoxy) is 1. The molecule has 0 aromatic heterocycles. The molecule has 0 saturated heterocycles. The van der Waals surface area contributed by atoms with Crippen molar-refractivity contribution in [3.8, 4) is 0 Å². The molecule has 0 saturated carbocycles. The predicted octanol–water partition coefficient (Wildman–Crippen LogP) is 4.60. The van der Waals surface area contributed by atoms with Crippen molar-refractivity contribution in [3.63, 3.8) is 0 Å². The van der Waals surface area contributed by atoms with Crippen LogP contribution in [0.4, 0.5) is 20.2 Å². The molecule has 1 aliphatic heterocycles. The molecular formula is C24H15ClF2N2O5. The van der Waals surface area contributed by atoms with Crippen LogP contribution in [-0.2, 0) is 9.53 Å². The van der Waals surface area contributed by atoms with E-state index in [1.165, 1.54) is 49.4 Å². The molecule has 1 N–H and O–H groups in total. The summed E-state index contributed by atoms with van der Waals surface area (Å²) in [5, 5.41) is 2.58. The normalized spacial score (nSPS) is 13.5. The number of anilines is 2. The van der Waals surface area contributed by atoms with Crippen molar-refractivity contribution in [3.05, 3.63) is 94.0 Å². The molecule has 1 unspecified atom stereocenters. The number of carbonyl (C=O) groups is 4. The number of hydrogen-bond donors (Lipinski definition) is 1. The highest BCUT2D eigenvalue weighted by Gasteiger charge is 2.37. The zero-order valence-corrected chi connectivity index (χ0v) is 18.2. The van der Waals surface area contributed by atoms with Crippen molar-refractivity contribution in [2.75, 3.05) is 10.2 Å². The molecule has 1 aliphatic rings. The number of nitrogens with zero attached hydrogens (tertiary/aromatic N) is 1.